The fourth-order valence-corrected chi connectivity index (χ4v) is 4.58. The average Bonchev–Trinajstić information content (AvgIpc) is 3.00. The maximum absolute atomic E-state index is 12.2. The average molecular weight is 402 g/mol. The second kappa shape index (κ2) is 5.68. The van der Waals surface area contributed by atoms with Gasteiger partial charge in [0.1, 0.15) is 0 Å². The van der Waals surface area contributed by atoms with E-state index in [1.54, 1.807) is 6.07 Å². The van der Waals surface area contributed by atoms with Crippen LogP contribution in [-0.4, -0.2) is 10.5 Å². The Kier molecular flexibility index (Phi) is 4.05. The Morgan fingerprint density at radius 3 is 2.71 bits per heavy atom. The van der Waals surface area contributed by atoms with Gasteiger partial charge in [-0.15, -0.1) is 11.3 Å². The molecule has 0 atom stereocenters. The zero-order valence-electron chi connectivity index (χ0n) is 11.2. The lowest BCUT2D eigenvalue weighted by atomic mass is 10.2. The van der Waals surface area contributed by atoms with E-state index >= 15 is 0 Å². The van der Waals surface area contributed by atoms with Gasteiger partial charge in [0, 0.05) is 12.1 Å². The van der Waals surface area contributed by atoms with Crippen molar-refractivity contribution in [2.45, 2.75) is 6.92 Å². The minimum atomic E-state index is -0.225. The molecule has 0 aliphatic carbocycles. The number of aromatic nitrogens is 1. The molecular formula is C14H10BrClN2OS2. The summed E-state index contributed by atoms with van der Waals surface area (Å²) in [6.45, 7) is 1.97. The van der Waals surface area contributed by atoms with Crippen molar-refractivity contribution >= 4 is 66.3 Å². The number of thiophene rings is 1. The maximum Gasteiger partial charge on any atom is 0.289 e. The summed E-state index contributed by atoms with van der Waals surface area (Å²) in [5.74, 6) is -0.225. The third-order valence-corrected chi connectivity index (χ3v) is 6.25. The summed E-state index contributed by atoms with van der Waals surface area (Å²) in [4.78, 5) is 17.7. The van der Waals surface area contributed by atoms with E-state index < -0.39 is 0 Å². The summed E-state index contributed by atoms with van der Waals surface area (Å²) < 4.78 is 3.91. The topological polar surface area (TPSA) is 34.4 Å². The number of thiazole rings is 1. The van der Waals surface area contributed by atoms with Crippen LogP contribution < -0.4 is 4.80 Å². The number of halogens is 2. The minimum Gasteiger partial charge on any atom is -0.319 e. The molecule has 0 fully saturated rings. The third-order valence-electron chi connectivity index (χ3n) is 3.13. The van der Waals surface area contributed by atoms with Crippen molar-refractivity contribution in [2.75, 3.05) is 0 Å². The lowest BCUT2D eigenvalue weighted by Gasteiger charge is -2.01. The molecule has 0 saturated carbocycles. The van der Waals surface area contributed by atoms with Crippen molar-refractivity contribution in [3.05, 3.63) is 48.3 Å². The normalized spacial score (nSPS) is 12.3. The molecular weight excluding hydrogens is 392 g/mol. The SMILES string of the molecule is Cc1c(Cl)ccc2sc(=NC(=O)c3ccc(Br)s3)n(C)c12. The monoisotopic (exact) mass is 400 g/mol. The van der Waals surface area contributed by atoms with Crippen LogP contribution >= 0.6 is 50.2 Å². The Bertz CT molecular complexity index is 923. The van der Waals surface area contributed by atoms with E-state index in [1.807, 2.05) is 36.7 Å². The molecule has 21 heavy (non-hydrogen) atoms. The summed E-state index contributed by atoms with van der Waals surface area (Å²) in [6, 6.07) is 7.45. The summed E-state index contributed by atoms with van der Waals surface area (Å²) in [6.07, 6.45) is 0. The fourth-order valence-electron chi connectivity index (χ4n) is 2.08. The smallest absolute Gasteiger partial charge is 0.289 e. The van der Waals surface area contributed by atoms with Gasteiger partial charge >= 0.3 is 0 Å². The lowest BCUT2D eigenvalue weighted by molar-refractivity contribution is 0.100. The highest BCUT2D eigenvalue weighted by Crippen LogP contribution is 2.27. The summed E-state index contributed by atoms with van der Waals surface area (Å²) >= 11 is 12.4. The van der Waals surface area contributed by atoms with E-state index in [2.05, 4.69) is 20.9 Å². The molecule has 1 amide bonds. The van der Waals surface area contributed by atoms with Gasteiger partial charge in [0.2, 0.25) is 0 Å². The highest BCUT2D eigenvalue weighted by atomic mass is 79.9. The molecule has 108 valence electrons. The van der Waals surface area contributed by atoms with Gasteiger partial charge in [-0.05, 0) is 52.7 Å². The van der Waals surface area contributed by atoms with Crippen LogP contribution in [0.25, 0.3) is 10.2 Å². The standard InChI is InChI=1S/C14H10BrClN2OS2/c1-7-8(16)3-4-9-12(7)18(2)14(21-9)17-13(19)10-5-6-11(15)20-10/h3-6H,1-2H3. The first-order valence-corrected chi connectivity index (χ1v) is 8.87. The number of hydrogen-bond acceptors (Lipinski definition) is 3. The number of amides is 1. The van der Waals surface area contributed by atoms with Gasteiger partial charge in [0.25, 0.3) is 5.91 Å². The molecule has 0 N–H and O–H groups in total. The van der Waals surface area contributed by atoms with Gasteiger partial charge in [-0.3, -0.25) is 4.79 Å². The van der Waals surface area contributed by atoms with Crippen molar-refractivity contribution in [3.8, 4) is 0 Å². The van der Waals surface area contributed by atoms with Gasteiger partial charge in [-0.25, -0.2) is 0 Å². The van der Waals surface area contributed by atoms with Crippen LogP contribution in [-0.2, 0) is 7.05 Å². The zero-order valence-corrected chi connectivity index (χ0v) is 15.2. The van der Waals surface area contributed by atoms with E-state index in [1.165, 1.54) is 22.7 Å². The molecule has 2 heterocycles. The first-order valence-electron chi connectivity index (χ1n) is 6.06. The van der Waals surface area contributed by atoms with Crippen molar-refractivity contribution in [1.29, 1.82) is 0 Å². The molecule has 1 aromatic carbocycles. The van der Waals surface area contributed by atoms with Crippen LogP contribution in [0.1, 0.15) is 15.2 Å². The van der Waals surface area contributed by atoms with E-state index in [0.29, 0.717) is 9.68 Å². The fraction of sp³-hybridized carbons (Fsp3) is 0.143. The molecule has 0 unspecified atom stereocenters. The van der Waals surface area contributed by atoms with Crippen molar-refractivity contribution in [2.24, 2.45) is 12.0 Å². The minimum absolute atomic E-state index is 0.225. The molecule has 7 heteroatoms. The number of carbonyl (C=O) groups excluding carboxylic acids is 1. The maximum atomic E-state index is 12.2. The first-order chi connectivity index (χ1) is 9.97. The third kappa shape index (κ3) is 2.73. The largest absolute Gasteiger partial charge is 0.319 e. The molecule has 0 radical (unpaired) electrons. The van der Waals surface area contributed by atoms with Gasteiger partial charge in [0.05, 0.1) is 18.9 Å². The van der Waals surface area contributed by atoms with Crippen molar-refractivity contribution < 1.29 is 4.79 Å². The molecule has 2 aromatic heterocycles. The summed E-state index contributed by atoms with van der Waals surface area (Å²) in [5.41, 5.74) is 2.02. The van der Waals surface area contributed by atoms with Gasteiger partial charge in [0.15, 0.2) is 4.80 Å². The Labute approximate surface area is 142 Å². The molecule has 0 aliphatic heterocycles. The predicted octanol–water partition coefficient (Wildman–Crippen LogP) is 4.77. The lowest BCUT2D eigenvalue weighted by Crippen LogP contribution is -2.13. The molecule has 3 nitrogen and oxygen atoms in total. The Balaban J connectivity index is 2.17. The molecule has 3 aromatic rings. The molecule has 0 bridgehead atoms. The molecule has 0 spiro atoms. The first kappa shape index (κ1) is 15.0. The van der Waals surface area contributed by atoms with Crippen molar-refractivity contribution in [1.82, 2.24) is 4.57 Å². The van der Waals surface area contributed by atoms with E-state index in [-0.39, 0.29) is 5.91 Å². The highest BCUT2D eigenvalue weighted by molar-refractivity contribution is 9.11. The van der Waals surface area contributed by atoms with Crippen molar-refractivity contribution in [3.63, 3.8) is 0 Å². The van der Waals surface area contributed by atoms with E-state index in [9.17, 15) is 4.79 Å². The molecule has 0 aliphatic rings. The second-order valence-electron chi connectivity index (χ2n) is 4.48. The molecule has 3 rings (SSSR count). The predicted molar refractivity (Wildman–Crippen MR) is 92.5 cm³/mol. The van der Waals surface area contributed by atoms with E-state index in [4.69, 9.17) is 11.6 Å². The molecule has 0 saturated heterocycles. The highest BCUT2D eigenvalue weighted by Gasteiger charge is 2.11. The summed E-state index contributed by atoms with van der Waals surface area (Å²) in [7, 11) is 1.90. The number of fused-ring (bicyclic) bond motifs is 1. The zero-order chi connectivity index (χ0) is 15.1. The second-order valence-corrected chi connectivity index (χ2v) is 8.36. The number of hydrogen-bond donors (Lipinski definition) is 0. The number of aryl methyl sites for hydroxylation is 2. The number of nitrogens with zero attached hydrogens (tertiary/aromatic N) is 2. The number of rotatable bonds is 1. The Morgan fingerprint density at radius 2 is 2.05 bits per heavy atom. The van der Waals surface area contributed by atoms with Gasteiger partial charge < -0.3 is 4.57 Å². The van der Waals surface area contributed by atoms with Crippen LogP contribution in [0.3, 0.4) is 0 Å². The van der Waals surface area contributed by atoms with Crippen LogP contribution in [0.2, 0.25) is 5.02 Å². The Hall–Kier alpha value is -0.950. The Morgan fingerprint density at radius 1 is 1.29 bits per heavy atom. The number of benzene rings is 1. The van der Waals surface area contributed by atoms with Gasteiger partial charge in [-0.1, -0.05) is 22.9 Å². The van der Waals surface area contributed by atoms with Gasteiger partial charge in [-0.2, -0.15) is 4.99 Å². The number of carbonyl (C=O) groups is 1. The van der Waals surface area contributed by atoms with Crippen LogP contribution in [0, 0.1) is 6.92 Å². The summed E-state index contributed by atoms with van der Waals surface area (Å²) in [5, 5.41) is 0.718. The van der Waals surface area contributed by atoms with E-state index in [0.717, 1.165) is 24.6 Å². The quantitative estimate of drug-likeness (QED) is 0.578. The van der Waals surface area contributed by atoms with Crippen LogP contribution in [0.15, 0.2) is 33.0 Å². The van der Waals surface area contributed by atoms with Crippen LogP contribution in [0.4, 0.5) is 0 Å². The van der Waals surface area contributed by atoms with Crippen LogP contribution in [0.5, 0.6) is 0 Å².